The summed E-state index contributed by atoms with van der Waals surface area (Å²) in [6.45, 7) is 1.68. The fourth-order valence-electron chi connectivity index (χ4n) is 4.14. The molecule has 3 heterocycles. The van der Waals surface area contributed by atoms with Crippen molar-refractivity contribution in [1.29, 1.82) is 0 Å². The van der Waals surface area contributed by atoms with Crippen LogP contribution < -0.4 is 15.2 Å². The second-order valence-electron chi connectivity index (χ2n) is 7.85. The molecule has 2 fully saturated rings. The first kappa shape index (κ1) is 18.7. The molecule has 1 aromatic heterocycles. The molecule has 0 bridgehead atoms. The van der Waals surface area contributed by atoms with Gasteiger partial charge in [-0.05, 0) is 37.8 Å². The van der Waals surface area contributed by atoms with E-state index >= 15 is 0 Å². The minimum atomic E-state index is -3.61. The van der Waals surface area contributed by atoms with Crippen LogP contribution in [-0.4, -0.2) is 53.4 Å². The van der Waals surface area contributed by atoms with Gasteiger partial charge in [0.05, 0.1) is 4.90 Å². The fraction of sp³-hybridized carbons (Fsp3) is 0.579. The molecule has 0 atom stereocenters. The molecule has 0 spiro atoms. The average molecular weight is 420 g/mol. The zero-order valence-corrected chi connectivity index (χ0v) is 17.1. The Hall–Kier alpha value is -2.33. The van der Waals surface area contributed by atoms with E-state index in [2.05, 4.69) is 5.10 Å². The van der Waals surface area contributed by atoms with Gasteiger partial charge in [0.15, 0.2) is 11.5 Å². The van der Waals surface area contributed by atoms with E-state index in [0.29, 0.717) is 50.6 Å². The topological polar surface area (TPSA) is 95.7 Å². The van der Waals surface area contributed by atoms with E-state index in [4.69, 9.17) is 9.47 Å². The molecule has 1 saturated carbocycles. The van der Waals surface area contributed by atoms with Crippen LogP contribution in [0.4, 0.5) is 0 Å². The van der Waals surface area contributed by atoms with E-state index < -0.39 is 10.0 Å². The van der Waals surface area contributed by atoms with Crippen molar-refractivity contribution in [3.63, 3.8) is 0 Å². The second-order valence-corrected chi connectivity index (χ2v) is 9.79. The first-order valence-electron chi connectivity index (χ1n) is 10.0. The van der Waals surface area contributed by atoms with Crippen molar-refractivity contribution in [2.24, 2.45) is 7.05 Å². The Bertz CT molecular complexity index is 1090. The Morgan fingerprint density at radius 2 is 1.72 bits per heavy atom. The molecule has 5 rings (SSSR count). The van der Waals surface area contributed by atoms with Crippen molar-refractivity contribution >= 4 is 10.0 Å². The van der Waals surface area contributed by atoms with Crippen molar-refractivity contribution in [3.05, 3.63) is 34.5 Å². The van der Waals surface area contributed by atoms with Crippen molar-refractivity contribution in [1.82, 2.24) is 18.7 Å². The largest absolute Gasteiger partial charge is 0.486 e. The molecule has 0 amide bonds. The molecule has 0 N–H and O–H groups in total. The lowest BCUT2D eigenvalue weighted by atomic mass is 9.97. The lowest BCUT2D eigenvalue weighted by molar-refractivity contribution is 0.171. The number of fused-ring (bicyclic) bond motifs is 1. The first-order valence-corrected chi connectivity index (χ1v) is 11.4. The average Bonchev–Trinajstić information content (AvgIpc) is 3.53. The normalized spacial score (nSPS) is 20.7. The number of sulfonamides is 1. The maximum Gasteiger partial charge on any atom is 0.345 e. The number of hydrogen-bond acceptors (Lipinski definition) is 6. The zero-order valence-electron chi connectivity index (χ0n) is 16.3. The SMILES string of the molecule is Cn1nc(C2CCN(S(=O)(=O)c3ccc4c(c3)OCCO4)CC2)n(C2CC2)c1=O. The Morgan fingerprint density at radius 3 is 2.41 bits per heavy atom. The van der Waals surface area contributed by atoms with E-state index in [1.54, 1.807) is 25.2 Å². The van der Waals surface area contributed by atoms with Gasteiger partial charge in [0.25, 0.3) is 0 Å². The van der Waals surface area contributed by atoms with Crippen LogP contribution in [0.25, 0.3) is 0 Å². The molecule has 1 saturated heterocycles. The van der Waals surface area contributed by atoms with E-state index in [1.807, 2.05) is 4.57 Å². The van der Waals surface area contributed by atoms with Gasteiger partial charge in [0, 0.05) is 38.2 Å². The van der Waals surface area contributed by atoms with Crippen LogP contribution in [0.5, 0.6) is 11.5 Å². The Kier molecular flexibility index (Phi) is 4.43. The highest BCUT2D eigenvalue weighted by molar-refractivity contribution is 7.89. The third-order valence-corrected chi connectivity index (χ3v) is 7.76. The summed E-state index contributed by atoms with van der Waals surface area (Å²) in [4.78, 5) is 12.6. The van der Waals surface area contributed by atoms with Crippen molar-refractivity contribution in [3.8, 4) is 11.5 Å². The third-order valence-electron chi connectivity index (χ3n) is 5.86. The molecule has 29 heavy (non-hydrogen) atoms. The molecule has 2 aliphatic heterocycles. The van der Waals surface area contributed by atoms with Crippen LogP contribution in [0.2, 0.25) is 0 Å². The smallest absolute Gasteiger partial charge is 0.345 e. The highest BCUT2D eigenvalue weighted by atomic mass is 32.2. The van der Waals surface area contributed by atoms with Crippen molar-refractivity contribution < 1.29 is 17.9 Å². The summed E-state index contributed by atoms with van der Waals surface area (Å²) < 4.78 is 42.0. The first-order chi connectivity index (χ1) is 13.9. The van der Waals surface area contributed by atoms with Gasteiger partial charge >= 0.3 is 5.69 Å². The van der Waals surface area contributed by atoms with Crippen LogP contribution in [-0.2, 0) is 17.1 Å². The van der Waals surface area contributed by atoms with Gasteiger partial charge < -0.3 is 9.47 Å². The highest BCUT2D eigenvalue weighted by Crippen LogP contribution is 2.38. The minimum absolute atomic E-state index is 0.0752. The number of ether oxygens (including phenoxy) is 2. The number of aromatic nitrogens is 3. The number of rotatable bonds is 4. The second kappa shape index (κ2) is 6.88. The Labute approximate surface area is 168 Å². The molecule has 3 aliphatic rings. The van der Waals surface area contributed by atoms with Gasteiger partial charge in [0.2, 0.25) is 10.0 Å². The number of hydrogen-bond donors (Lipinski definition) is 0. The lowest BCUT2D eigenvalue weighted by Crippen LogP contribution is -2.38. The molecule has 0 unspecified atom stereocenters. The highest BCUT2D eigenvalue weighted by Gasteiger charge is 2.36. The summed E-state index contributed by atoms with van der Waals surface area (Å²) in [5, 5.41) is 4.46. The summed E-state index contributed by atoms with van der Waals surface area (Å²) in [6, 6.07) is 5.01. The molecule has 0 radical (unpaired) electrons. The maximum atomic E-state index is 13.1. The quantitative estimate of drug-likeness (QED) is 0.739. The molecule has 1 aliphatic carbocycles. The van der Waals surface area contributed by atoms with Crippen LogP contribution in [0.1, 0.15) is 43.5 Å². The van der Waals surface area contributed by atoms with Gasteiger partial charge in [-0.2, -0.15) is 9.40 Å². The summed E-state index contributed by atoms with van der Waals surface area (Å²) in [5.74, 6) is 1.93. The molecular weight excluding hydrogens is 396 g/mol. The minimum Gasteiger partial charge on any atom is -0.486 e. The lowest BCUT2D eigenvalue weighted by Gasteiger charge is -2.31. The predicted molar refractivity (Wildman–Crippen MR) is 104 cm³/mol. The summed E-state index contributed by atoms with van der Waals surface area (Å²) in [7, 11) is -1.94. The van der Waals surface area contributed by atoms with Gasteiger partial charge in [-0.3, -0.25) is 4.57 Å². The summed E-state index contributed by atoms with van der Waals surface area (Å²) >= 11 is 0. The van der Waals surface area contributed by atoms with Gasteiger partial charge in [-0.25, -0.2) is 17.9 Å². The van der Waals surface area contributed by atoms with E-state index in [9.17, 15) is 13.2 Å². The monoisotopic (exact) mass is 420 g/mol. The molecule has 9 nitrogen and oxygen atoms in total. The molecule has 10 heteroatoms. The zero-order chi connectivity index (χ0) is 20.2. The van der Waals surface area contributed by atoms with Gasteiger partial charge in [-0.15, -0.1) is 0 Å². The number of aryl methyl sites for hydroxylation is 1. The van der Waals surface area contributed by atoms with Gasteiger partial charge in [0.1, 0.15) is 19.0 Å². The van der Waals surface area contributed by atoms with Crippen LogP contribution >= 0.6 is 0 Å². The van der Waals surface area contributed by atoms with Gasteiger partial charge in [-0.1, -0.05) is 0 Å². The molecular formula is C19H24N4O5S. The fourth-order valence-corrected chi connectivity index (χ4v) is 5.63. The Balaban J connectivity index is 1.34. The van der Waals surface area contributed by atoms with E-state index in [0.717, 1.165) is 18.7 Å². The van der Waals surface area contributed by atoms with E-state index in [-0.39, 0.29) is 22.5 Å². The number of nitrogens with zero attached hydrogens (tertiary/aromatic N) is 4. The van der Waals surface area contributed by atoms with Crippen LogP contribution in [0.3, 0.4) is 0 Å². The standard InChI is InChI=1S/C19H24N4O5S/c1-21-19(24)23(14-2-3-14)18(20-21)13-6-8-22(9-7-13)29(25,26)15-4-5-16-17(12-15)28-11-10-27-16/h4-5,12-14H,2-3,6-11H2,1H3. The molecule has 156 valence electrons. The molecule has 2 aromatic rings. The predicted octanol–water partition coefficient (Wildman–Crippen LogP) is 1.26. The molecule has 1 aromatic carbocycles. The number of benzene rings is 1. The summed E-state index contributed by atoms with van der Waals surface area (Å²) in [6.07, 6.45) is 3.31. The van der Waals surface area contributed by atoms with Crippen molar-refractivity contribution in [2.45, 2.75) is 42.5 Å². The van der Waals surface area contributed by atoms with Crippen LogP contribution in [0.15, 0.2) is 27.9 Å². The van der Waals surface area contributed by atoms with Crippen LogP contribution in [0, 0.1) is 0 Å². The third kappa shape index (κ3) is 3.24. The number of piperidine rings is 1. The maximum absolute atomic E-state index is 13.1. The van der Waals surface area contributed by atoms with E-state index in [1.165, 1.54) is 8.99 Å². The summed E-state index contributed by atoms with van der Waals surface area (Å²) in [5.41, 5.74) is -0.0752. The Morgan fingerprint density at radius 1 is 1.03 bits per heavy atom. The van der Waals surface area contributed by atoms with Crippen molar-refractivity contribution in [2.75, 3.05) is 26.3 Å².